The van der Waals surface area contributed by atoms with E-state index < -0.39 is 4.92 Å². The Labute approximate surface area is 112 Å². The maximum Gasteiger partial charge on any atom is 0.310 e. The van der Waals surface area contributed by atoms with E-state index in [1.165, 1.54) is 6.07 Å². The fourth-order valence-corrected chi connectivity index (χ4v) is 1.22. The molecule has 0 spiro atoms. The second kappa shape index (κ2) is 8.72. The van der Waals surface area contributed by atoms with Crippen LogP contribution in [-0.4, -0.2) is 24.7 Å². The van der Waals surface area contributed by atoms with Crippen LogP contribution in [0.2, 0.25) is 0 Å². The van der Waals surface area contributed by atoms with Gasteiger partial charge in [0.05, 0.1) is 11.5 Å². The number of ether oxygens (including phenoxy) is 2. The summed E-state index contributed by atoms with van der Waals surface area (Å²) in [6.45, 7) is 2.84. The van der Waals surface area contributed by atoms with Gasteiger partial charge in [-0.05, 0) is 13.0 Å². The summed E-state index contributed by atoms with van der Waals surface area (Å²) in [4.78, 5) is 10.2. The van der Waals surface area contributed by atoms with Crippen molar-refractivity contribution in [2.24, 2.45) is 0 Å². The predicted molar refractivity (Wildman–Crippen MR) is 72.0 cm³/mol. The van der Waals surface area contributed by atoms with Gasteiger partial charge in [0.25, 0.3) is 0 Å². The molecule has 0 heterocycles. The molecule has 0 atom stereocenters. The minimum Gasteiger partial charge on any atom is -0.474 e. The molecule has 0 fully saturated rings. The topological polar surface area (TPSA) is 61.6 Å². The molecule has 0 aliphatic carbocycles. The molecular weight excluding hydrogens is 246 g/mol. The Hall–Kier alpha value is -2.32. The molecule has 1 aromatic rings. The van der Waals surface area contributed by atoms with Crippen LogP contribution in [-0.2, 0) is 4.74 Å². The molecule has 0 saturated heterocycles. The fraction of sp³-hybridized carbons (Fsp3) is 0.286. The minimum atomic E-state index is -0.483. The van der Waals surface area contributed by atoms with Gasteiger partial charge in [-0.15, -0.1) is 0 Å². The van der Waals surface area contributed by atoms with E-state index in [9.17, 15) is 10.1 Å². The van der Waals surface area contributed by atoms with Crippen LogP contribution in [0.3, 0.4) is 0 Å². The Morgan fingerprint density at radius 3 is 2.79 bits per heavy atom. The van der Waals surface area contributed by atoms with E-state index in [2.05, 4.69) is 11.8 Å². The molecule has 1 rings (SSSR count). The monoisotopic (exact) mass is 261 g/mol. The van der Waals surface area contributed by atoms with Crippen LogP contribution < -0.4 is 4.74 Å². The van der Waals surface area contributed by atoms with Gasteiger partial charge in [-0.25, -0.2) is 0 Å². The van der Waals surface area contributed by atoms with E-state index in [0.29, 0.717) is 13.2 Å². The number of nitro groups is 1. The number of nitrogens with zero attached hydrogens (tertiary/aromatic N) is 1. The van der Waals surface area contributed by atoms with Crippen LogP contribution in [0.25, 0.3) is 0 Å². The van der Waals surface area contributed by atoms with Crippen molar-refractivity contribution in [3.8, 4) is 17.6 Å². The highest BCUT2D eigenvalue weighted by atomic mass is 16.6. The molecule has 0 radical (unpaired) electrons. The van der Waals surface area contributed by atoms with Crippen LogP contribution in [0.1, 0.15) is 6.92 Å². The zero-order chi connectivity index (χ0) is 13.9. The third kappa shape index (κ3) is 5.70. The molecular formula is C14H15NO4. The Morgan fingerprint density at radius 1 is 1.32 bits per heavy atom. The summed E-state index contributed by atoms with van der Waals surface area (Å²) in [6.07, 6.45) is 3.77. The van der Waals surface area contributed by atoms with Crippen LogP contribution >= 0.6 is 0 Å². The normalized spacial score (nSPS) is 9.95. The number of nitro benzene ring substituents is 1. The van der Waals surface area contributed by atoms with Gasteiger partial charge >= 0.3 is 5.69 Å². The Morgan fingerprint density at radius 2 is 2.05 bits per heavy atom. The van der Waals surface area contributed by atoms with Crippen molar-refractivity contribution in [1.82, 2.24) is 0 Å². The number of para-hydroxylation sites is 2. The first-order valence-electron chi connectivity index (χ1n) is 5.76. The van der Waals surface area contributed by atoms with Crippen LogP contribution in [0, 0.1) is 22.0 Å². The van der Waals surface area contributed by atoms with E-state index in [1.54, 1.807) is 18.2 Å². The summed E-state index contributed by atoms with van der Waals surface area (Å²) in [7, 11) is 0. The fourth-order valence-electron chi connectivity index (χ4n) is 1.22. The zero-order valence-corrected chi connectivity index (χ0v) is 10.7. The van der Waals surface area contributed by atoms with E-state index >= 15 is 0 Å². The van der Waals surface area contributed by atoms with Gasteiger partial charge in [0.1, 0.15) is 13.2 Å². The van der Waals surface area contributed by atoms with Crippen molar-refractivity contribution < 1.29 is 14.4 Å². The number of benzene rings is 1. The highest BCUT2D eigenvalue weighted by molar-refractivity contribution is 5.45. The quantitative estimate of drug-likeness (QED) is 0.259. The lowest BCUT2D eigenvalue weighted by Crippen LogP contribution is -1.99. The molecule has 0 bridgehead atoms. The number of allylic oxidation sites excluding steroid dienone is 1. The molecule has 0 N–H and O–H groups in total. The van der Waals surface area contributed by atoms with Crippen molar-refractivity contribution in [3.63, 3.8) is 0 Å². The smallest absolute Gasteiger partial charge is 0.310 e. The third-order valence-corrected chi connectivity index (χ3v) is 2.11. The van der Waals surface area contributed by atoms with Gasteiger partial charge in [0.15, 0.2) is 5.75 Å². The second-order valence-corrected chi connectivity index (χ2v) is 3.45. The van der Waals surface area contributed by atoms with Crippen LogP contribution in [0.5, 0.6) is 5.75 Å². The molecule has 0 aliphatic heterocycles. The van der Waals surface area contributed by atoms with Crippen molar-refractivity contribution in [2.75, 3.05) is 19.8 Å². The first-order valence-corrected chi connectivity index (χ1v) is 5.76. The average Bonchev–Trinajstić information content (AvgIpc) is 2.42. The third-order valence-electron chi connectivity index (χ3n) is 2.11. The molecule has 0 saturated carbocycles. The summed E-state index contributed by atoms with van der Waals surface area (Å²) in [5.74, 6) is 5.71. The van der Waals surface area contributed by atoms with Gasteiger partial charge in [-0.3, -0.25) is 10.1 Å². The SMILES string of the molecule is C/C=C/COCC#CCOc1ccccc1[N+](=O)[O-]. The largest absolute Gasteiger partial charge is 0.474 e. The standard InChI is InChI=1S/C14H15NO4/c1-2-3-10-18-11-6-7-12-19-14-9-5-4-8-13(14)15(16)17/h2-5,8-9H,10-12H2,1H3/b3-2+. The van der Waals surface area contributed by atoms with E-state index in [-0.39, 0.29) is 18.0 Å². The average molecular weight is 261 g/mol. The number of rotatable bonds is 6. The van der Waals surface area contributed by atoms with E-state index in [4.69, 9.17) is 9.47 Å². The molecule has 0 aliphatic rings. The van der Waals surface area contributed by atoms with Crippen molar-refractivity contribution in [2.45, 2.75) is 6.92 Å². The summed E-state index contributed by atoms with van der Waals surface area (Å²) < 4.78 is 10.4. The van der Waals surface area contributed by atoms with Gasteiger partial charge < -0.3 is 9.47 Å². The summed E-state index contributed by atoms with van der Waals surface area (Å²) in [5.41, 5.74) is -0.0615. The Kier molecular flexibility index (Phi) is 6.77. The molecule has 5 nitrogen and oxygen atoms in total. The molecule has 1 aromatic carbocycles. The number of hydrogen-bond donors (Lipinski definition) is 0. The Bertz CT molecular complexity index is 500. The number of hydrogen-bond acceptors (Lipinski definition) is 4. The lowest BCUT2D eigenvalue weighted by atomic mass is 10.3. The molecule has 0 unspecified atom stereocenters. The second-order valence-electron chi connectivity index (χ2n) is 3.45. The lowest BCUT2D eigenvalue weighted by Gasteiger charge is -2.01. The maximum atomic E-state index is 10.7. The van der Waals surface area contributed by atoms with Crippen LogP contribution in [0.4, 0.5) is 5.69 Å². The van der Waals surface area contributed by atoms with Gasteiger partial charge in [-0.2, -0.15) is 0 Å². The van der Waals surface area contributed by atoms with Gasteiger partial charge in [-0.1, -0.05) is 36.1 Å². The van der Waals surface area contributed by atoms with E-state index in [0.717, 1.165) is 0 Å². The summed E-state index contributed by atoms with van der Waals surface area (Å²) >= 11 is 0. The minimum absolute atomic E-state index is 0.0615. The first-order chi connectivity index (χ1) is 9.25. The van der Waals surface area contributed by atoms with Crippen LogP contribution in [0.15, 0.2) is 36.4 Å². The Balaban J connectivity index is 2.37. The summed E-state index contributed by atoms with van der Waals surface area (Å²) in [6, 6.07) is 6.20. The van der Waals surface area contributed by atoms with Crippen molar-refractivity contribution in [3.05, 3.63) is 46.5 Å². The zero-order valence-electron chi connectivity index (χ0n) is 10.7. The first kappa shape index (κ1) is 14.7. The highest BCUT2D eigenvalue weighted by Gasteiger charge is 2.12. The molecule has 19 heavy (non-hydrogen) atoms. The molecule has 0 aromatic heterocycles. The molecule has 0 amide bonds. The van der Waals surface area contributed by atoms with Gasteiger partial charge in [0, 0.05) is 6.07 Å². The van der Waals surface area contributed by atoms with E-state index in [1.807, 2.05) is 19.1 Å². The van der Waals surface area contributed by atoms with Gasteiger partial charge in [0.2, 0.25) is 0 Å². The summed E-state index contributed by atoms with van der Waals surface area (Å²) in [5, 5.41) is 10.7. The highest BCUT2D eigenvalue weighted by Crippen LogP contribution is 2.25. The van der Waals surface area contributed by atoms with Crippen molar-refractivity contribution >= 4 is 5.69 Å². The predicted octanol–water partition coefficient (Wildman–Crippen LogP) is 2.57. The lowest BCUT2D eigenvalue weighted by molar-refractivity contribution is -0.385. The molecule has 5 heteroatoms. The molecule has 100 valence electrons. The van der Waals surface area contributed by atoms with Crippen molar-refractivity contribution in [1.29, 1.82) is 0 Å². The maximum absolute atomic E-state index is 10.7.